The Balaban J connectivity index is 1.78. The van der Waals surface area contributed by atoms with E-state index in [1.807, 2.05) is 6.07 Å². The predicted octanol–water partition coefficient (Wildman–Crippen LogP) is 1.76. The molecule has 0 aliphatic heterocycles. The number of nitrogen functional groups attached to an aromatic ring is 1. The van der Waals surface area contributed by atoms with E-state index in [1.54, 1.807) is 0 Å². The van der Waals surface area contributed by atoms with Crippen LogP contribution in [0.5, 0.6) is 0 Å². The van der Waals surface area contributed by atoms with Gasteiger partial charge in [0.1, 0.15) is 5.82 Å². The highest BCUT2D eigenvalue weighted by Crippen LogP contribution is 2.19. The highest BCUT2D eigenvalue weighted by Gasteiger charge is 2.13. The van der Waals surface area contributed by atoms with E-state index in [4.69, 9.17) is 5.73 Å². The van der Waals surface area contributed by atoms with E-state index in [0.717, 1.165) is 12.6 Å². The van der Waals surface area contributed by atoms with Crippen molar-refractivity contribution in [2.45, 2.75) is 38.3 Å². The minimum absolute atomic E-state index is 0.647. The first-order valence-corrected chi connectivity index (χ1v) is 5.56. The van der Waals surface area contributed by atoms with Crippen LogP contribution in [0.1, 0.15) is 30.6 Å². The van der Waals surface area contributed by atoms with Gasteiger partial charge in [0.25, 0.3) is 0 Å². The largest absolute Gasteiger partial charge is 0.383 e. The topological polar surface area (TPSA) is 50.9 Å². The summed E-state index contributed by atoms with van der Waals surface area (Å²) in [6.07, 6.45) is 5.41. The fraction of sp³-hybridized carbons (Fsp3) is 0.667. The predicted molar refractivity (Wildman–Crippen MR) is 55.6 cm³/mol. The lowest BCUT2D eigenvalue weighted by Gasteiger charge is -2.09. The smallest absolute Gasteiger partial charge is 0.137 e. The van der Waals surface area contributed by atoms with Gasteiger partial charge in [0.05, 0.1) is 0 Å². The molecule has 0 radical (unpaired) electrons. The summed E-state index contributed by atoms with van der Waals surface area (Å²) in [6, 6.07) is 2.68. The maximum absolute atomic E-state index is 5.53. The first-order valence-electron chi connectivity index (χ1n) is 4.79. The second kappa shape index (κ2) is 4.07. The maximum Gasteiger partial charge on any atom is 0.137 e. The molecular formula is C9H15N3S. The lowest BCUT2D eigenvalue weighted by atomic mass is 10.2. The van der Waals surface area contributed by atoms with Gasteiger partial charge in [-0.3, -0.25) is 0 Å². The number of nitrogens with one attached hydrogen (secondary N) is 1. The molecule has 2 rings (SSSR count). The van der Waals surface area contributed by atoms with E-state index >= 15 is 0 Å². The van der Waals surface area contributed by atoms with Crippen molar-refractivity contribution in [2.75, 3.05) is 5.73 Å². The summed E-state index contributed by atoms with van der Waals surface area (Å²) in [5.41, 5.74) is 5.53. The van der Waals surface area contributed by atoms with Gasteiger partial charge in [-0.1, -0.05) is 12.8 Å². The quantitative estimate of drug-likeness (QED) is 0.776. The molecule has 1 heterocycles. The number of aromatic nitrogens is 1. The normalized spacial score (nSPS) is 18.2. The molecule has 0 saturated heterocycles. The molecule has 0 atom stereocenters. The van der Waals surface area contributed by atoms with Crippen molar-refractivity contribution < 1.29 is 0 Å². The van der Waals surface area contributed by atoms with Gasteiger partial charge >= 0.3 is 0 Å². The summed E-state index contributed by atoms with van der Waals surface area (Å²) in [5, 5.41) is 3.53. The Hall–Kier alpha value is -0.610. The van der Waals surface area contributed by atoms with Crippen LogP contribution in [0.25, 0.3) is 0 Å². The standard InChI is InChI=1S/C9H15N3S/c10-9-5-8(13-12-9)6-11-7-3-1-2-4-7/h5,7,11H,1-4,6H2,(H2,10,12). The first kappa shape index (κ1) is 8.97. The van der Waals surface area contributed by atoms with Crippen molar-refractivity contribution in [3.8, 4) is 0 Å². The summed E-state index contributed by atoms with van der Waals surface area (Å²) in [4.78, 5) is 1.24. The summed E-state index contributed by atoms with van der Waals surface area (Å²) >= 11 is 1.50. The number of hydrogen-bond acceptors (Lipinski definition) is 4. The zero-order valence-corrected chi connectivity index (χ0v) is 8.44. The van der Waals surface area contributed by atoms with Crippen molar-refractivity contribution in [3.05, 3.63) is 10.9 Å². The van der Waals surface area contributed by atoms with Gasteiger partial charge in [-0.15, -0.1) is 0 Å². The number of nitrogens with zero attached hydrogens (tertiary/aromatic N) is 1. The van der Waals surface area contributed by atoms with E-state index in [2.05, 4.69) is 9.69 Å². The summed E-state index contributed by atoms with van der Waals surface area (Å²) in [6.45, 7) is 0.930. The van der Waals surface area contributed by atoms with E-state index in [-0.39, 0.29) is 0 Å². The maximum atomic E-state index is 5.53. The lowest BCUT2D eigenvalue weighted by molar-refractivity contribution is 0.527. The van der Waals surface area contributed by atoms with Crippen LogP contribution in [-0.2, 0) is 6.54 Å². The minimum atomic E-state index is 0.647. The average molecular weight is 197 g/mol. The molecule has 0 spiro atoms. The number of anilines is 1. The van der Waals surface area contributed by atoms with Crippen LogP contribution in [0.15, 0.2) is 6.07 Å². The molecule has 3 N–H and O–H groups in total. The molecule has 4 heteroatoms. The molecule has 72 valence electrons. The van der Waals surface area contributed by atoms with Crippen molar-refractivity contribution in [2.24, 2.45) is 0 Å². The van der Waals surface area contributed by atoms with Crippen LogP contribution < -0.4 is 11.1 Å². The molecule has 1 aliphatic rings. The van der Waals surface area contributed by atoms with E-state index < -0.39 is 0 Å². The van der Waals surface area contributed by atoms with Crippen LogP contribution in [-0.4, -0.2) is 10.4 Å². The van der Waals surface area contributed by atoms with Gasteiger partial charge in [-0.2, -0.15) is 4.37 Å². The Morgan fingerprint density at radius 1 is 1.54 bits per heavy atom. The Labute approximate surface area is 82.5 Å². The molecule has 1 aliphatic carbocycles. The zero-order chi connectivity index (χ0) is 9.10. The number of nitrogens with two attached hydrogens (primary N) is 1. The fourth-order valence-corrected chi connectivity index (χ4v) is 2.38. The van der Waals surface area contributed by atoms with E-state index in [0.29, 0.717) is 5.82 Å². The van der Waals surface area contributed by atoms with Crippen LogP contribution >= 0.6 is 11.5 Å². The van der Waals surface area contributed by atoms with Gasteiger partial charge < -0.3 is 11.1 Å². The highest BCUT2D eigenvalue weighted by molar-refractivity contribution is 7.06. The fourth-order valence-electron chi connectivity index (χ4n) is 1.79. The van der Waals surface area contributed by atoms with Crippen LogP contribution in [0, 0.1) is 0 Å². The van der Waals surface area contributed by atoms with Gasteiger partial charge in [-0.25, -0.2) is 0 Å². The molecule has 1 fully saturated rings. The molecule has 1 aromatic rings. The van der Waals surface area contributed by atoms with E-state index in [1.165, 1.54) is 42.1 Å². The number of hydrogen-bond donors (Lipinski definition) is 2. The minimum Gasteiger partial charge on any atom is -0.383 e. The van der Waals surface area contributed by atoms with E-state index in [9.17, 15) is 0 Å². The van der Waals surface area contributed by atoms with Crippen LogP contribution in [0.4, 0.5) is 5.82 Å². The molecule has 13 heavy (non-hydrogen) atoms. The molecular weight excluding hydrogens is 182 g/mol. The van der Waals surface area contributed by atoms with Crippen molar-refractivity contribution in [1.82, 2.24) is 9.69 Å². The summed E-state index contributed by atoms with van der Waals surface area (Å²) in [5.74, 6) is 0.647. The molecule has 0 bridgehead atoms. The Morgan fingerprint density at radius 3 is 2.92 bits per heavy atom. The third kappa shape index (κ3) is 2.42. The molecule has 0 unspecified atom stereocenters. The van der Waals surface area contributed by atoms with Crippen LogP contribution in [0.2, 0.25) is 0 Å². The van der Waals surface area contributed by atoms with Gasteiger partial charge in [-0.05, 0) is 30.4 Å². The zero-order valence-electron chi connectivity index (χ0n) is 7.62. The summed E-state index contributed by atoms with van der Waals surface area (Å²) < 4.78 is 4.04. The Bertz CT molecular complexity index is 266. The average Bonchev–Trinajstić information content (AvgIpc) is 2.71. The van der Waals surface area contributed by atoms with Gasteiger partial charge in [0.2, 0.25) is 0 Å². The van der Waals surface area contributed by atoms with Gasteiger partial charge in [0, 0.05) is 17.5 Å². The molecule has 1 aromatic heterocycles. The molecule has 0 amide bonds. The van der Waals surface area contributed by atoms with Gasteiger partial charge in [0.15, 0.2) is 0 Å². The lowest BCUT2D eigenvalue weighted by Crippen LogP contribution is -2.24. The number of rotatable bonds is 3. The first-order chi connectivity index (χ1) is 6.34. The summed E-state index contributed by atoms with van der Waals surface area (Å²) in [7, 11) is 0. The molecule has 3 nitrogen and oxygen atoms in total. The SMILES string of the molecule is Nc1cc(CNC2CCCC2)sn1. The second-order valence-electron chi connectivity index (χ2n) is 3.58. The Kier molecular flexibility index (Phi) is 2.80. The van der Waals surface area contributed by atoms with Crippen molar-refractivity contribution in [1.29, 1.82) is 0 Å². The second-order valence-corrected chi connectivity index (χ2v) is 4.47. The highest BCUT2D eigenvalue weighted by atomic mass is 32.1. The van der Waals surface area contributed by atoms with Crippen molar-refractivity contribution >= 4 is 17.4 Å². The molecule has 1 saturated carbocycles. The molecule has 0 aromatic carbocycles. The third-order valence-electron chi connectivity index (χ3n) is 2.50. The van der Waals surface area contributed by atoms with Crippen molar-refractivity contribution in [3.63, 3.8) is 0 Å². The third-order valence-corrected chi connectivity index (χ3v) is 3.30. The monoisotopic (exact) mass is 197 g/mol. The Morgan fingerprint density at radius 2 is 2.31 bits per heavy atom. The van der Waals surface area contributed by atoms with Crippen LogP contribution in [0.3, 0.4) is 0 Å².